The Hall–Kier alpha value is -0.100. The fourth-order valence-corrected chi connectivity index (χ4v) is 16.6. The van der Waals surface area contributed by atoms with Crippen LogP contribution >= 0.6 is 23.2 Å². The van der Waals surface area contributed by atoms with Gasteiger partial charge < -0.3 is 19.7 Å². The second-order valence-electron chi connectivity index (χ2n) is 20.7. The molecule has 0 aromatic carbocycles. The fourth-order valence-electron chi connectivity index (χ4n) is 16.0. The maximum atomic E-state index is 11.1. The molecule has 8 aliphatic carbocycles. The summed E-state index contributed by atoms with van der Waals surface area (Å²) in [5.74, 6) is 3.73. The molecule has 51 heavy (non-hydrogen) atoms. The van der Waals surface area contributed by atoms with Gasteiger partial charge in [0.15, 0.2) is 5.79 Å². The van der Waals surface area contributed by atoms with Gasteiger partial charge in [-0.3, -0.25) is 0 Å². The number of ether oxygens (including phenoxy) is 2. The summed E-state index contributed by atoms with van der Waals surface area (Å²) in [5.41, 5.74) is 4.42. The summed E-state index contributed by atoms with van der Waals surface area (Å²) in [6.45, 7) is 18.6. The lowest BCUT2D eigenvalue weighted by Crippen LogP contribution is -2.63. The lowest BCUT2D eigenvalue weighted by Gasteiger charge is -2.63. The molecular formula is C45H70Cl2O4. The second kappa shape index (κ2) is 13.0. The van der Waals surface area contributed by atoms with Crippen LogP contribution in [0.4, 0.5) is 0 Å². The fraction of sp³-hybridized carbons (Fsp3) is 0.911. The Morgan fingerprint density at radius 3 is 1.57 bits per heavy atom. The van der Waals surface area contributed by atoms with Gasteiger partial charge >= 0.3 is 0 Å². The zero-order valence-electron chi connectivity index (χ0n) is 33.1. The van der Waals surface area contributed by atoms with Gasteiger partial charge in [0.1, 0.15) is 0 Å². The highest BCUT2D eigenvalue weighted by Crippen LogP contribution is 2.70. The zero-order valence-corrected chi connectivity index (χ0v) is 34.6. The number of hydrogen-bond donors (Lipinski definition) is 2. The summed E-state index contributed by atoms with van der Waals surface area (Å²) in [6.07, 6.45) is 20.7. The molecule has 4 nitrogen and oxygen atoms in total. The van der Waals surface area contributed by atoms with E-state index in [2.05, 4.69) is 67.5 Å². The Labute approximate surface area is 320 Å². The van der Waals surface area contributed by atoms with Crippen LogP contribution in [-0.2, 0) is 9.47 Å². The smallest absolute Gasteiger partial charge is 0.163 e. The first-order valence-electron chi connectivity index (χ1n) is 21.3. The molecular weight excluding hydrogens is 675 g/mol. The standard InChI is InChI=1S/C24H37ClO2.C21H33ClO2/c1-6-14-7-8-16-19-17(10-12-23(14,16)4)24(5)11-9-15(25)13-18(24)20-21(19)27-22(2,3)26-20;1-4-12-5-6-14-17-15(8-10-20(12,14)2)21(3)9-7-13(22)11-16(21)18(23)19(17)24/h6,15-21H,7-13H2,1-5H3;4,13-19,23-24H,5-11H2,1-3H3/b14-6-;12-4-/t15-,16?,17?,18?,19?,20-,21-,23-,24-;13-,14?,15?,16?,17?,18-,19-,20-,21-/m11/s1. The molecule has 0 amide bonds. The molecule has 0 aromatic rings. The van der Waals surface area contributed by atoms with E-state index in [0.717, 1.165) is 37.5 Å². The van der Waals surface area contributed by atoms with Crippen molar-refractivity contribution in [3.05, 3.63) is 23.3 Å². The number of halogens is 2. The largest absolute Gasteiger partial charge is 0.390 e. The summed E-state index contributed by atoms with van der Waals surface area (Å²) in [5, 5.41) is 22.6. The Morgan fingerprint density at radius 2 is 1.02 bits per heavy atom. The number of hydrogen-bond acceptors (Lipinski definition) is 4. The first kappa shape index (κ1) is 37.8. The van der Waals surface area contributed by atoms with Crippen LogP contribution in [0.5, 0.6) is 0 Å². The molecule has 18 atom stereocenters. The van der Waals surface area contributed by atoms with Crippen molar-refractivity contribution < 1.29 is 19.7 Å². The topological polar surface area (TPSA) is 58.9 Å². The monoisotopic (exact) mass is 744 g/mol. The van der Waals surface area contributed by atoms with E-state index in [1.165, 1.54) is 64.2 Å². The Balaban J connectivity index is 0.000000148. The van der Waals surface area contributed by atoms with Gasteiger partial charge in [0.2, 0.25) is 0 Å². The third-order valence-electron chi connectivity index (χ3n) is 18.6. The molecule has 8 unspecified atom stereocenters. The first-order chi connectivity index (χ1) is 24.0. The van der Waals surface area contributed by atoms with E-state index >= 15 is 0 Å². The Bertz CT molecular complexity index is 1410. The number of aliphatic hydroxyl groups excluding tert-OH is 2. The second-order valence-corrected chi connectivity index (χ2v) is 21.9. The molecule has 1 saturated heterocycles. The highest BCUT2D eigenvalue weighted by atomic mass is 35.5. The van der Waals surface area contributed by atoms with Crippen molar-refractivity contribution in [2.24, 2.45) is 69.0 Å². The Morgan fingerprint density at radius 1 is 0.549 bits per heavy atom. The number of allylic oxidation sites excluding steroid dienone is 4. The quantitative estimate of drug-likeness (QED) is 0.191. The van der Waals surface area contributed by atoms with Gasteiger partial charge in [-0.25, -0.2) is 0 Å². The minimum atomic E-state index is -0.602. The van der Waals surface area contributed by atoms with Crippen molar-refractivity contribution in [3.8, 4) is 0 Å². The summed E-state index contributed by atoms with van der Waals surface area (Å²) in [7, 11) is 0. The van der Waals surface area contributed by atoms with E-state index in [4.69, 9.17) is 32.7 Å². The van der Waals surface area contributed by atoms with Crippen molar-refractivity contribution in [3.63, 3.8) is 0 Å². The van der Waals surface area contributed by atoms with Gasteiger partial charge in [0, 0.05) is 10.8 Å². The minimum absolute atomic E-state index is 0.148. The minimum Gasteiger partial charge on any atom is -0.390 e. The molecule has 6 heteroatoms. The van der Waals surface area contributed by atoms with Gasteiger partial charge in [-0.1, -0.05) is 51.0 Å². The highest BCUT2D eigenvalue weighted by Gasteiger charge is 2.68. The normalized spacial score (nSPS) is 58.3. The number of alkyl halides is 2. The van der Waals surface area contributed by atoms with Crippen LogP contribution in [0.3, 0.4) is 0 Å². The average Bonchev–Trinajstić information content (AvgIpc) is 3.73. The molecule has 0 spiro atoms. The molecule has 0 radical (unpaired) electrons. The predicted octanol–water partition coefficient (Wildman–Crippen LogP) is 10.8. The molecule has 8 saturated carbocycles. The van der Waals surface area contributed by atoms with E-state index in [0.29, 0.717) is 39.9 Å². The van der Waals surface area contributed by atoms with Gasteiger partial charge in [0.25, 0.3) is 0 Å². The van der Waals surface area contributed by atoms with E-state index in [-0.39, 0.29) is 40.3 Å². The summed E-state index contributed by atoms with van der Waals surface area (Å²) in [6, 6.07) is 0. The van der Waals surface area contributed by atoms with Crippen molar-refractivity contribution in [1.29, 1.82) is 0 Å². The van der Waals surface area contributed by atoms with Crippen molar-refractivity contribution in [2.75, 3.05) is 0 Å². The molecule has 0 aromatic heterocycles. The molecule has 1 aliphatic heterocycles. The van der Waals surface area contributed by atoms with Crippen LogP contribution in [0, 0.1) is 69.0 Å². The van der Waals surface area contributed by atoms with Crippen LogP contribution in [0.1, 0.15) is 145 Å². The van der Waals surface area contributed by atoms with Gasteiger partial charge in [-0.15, -0.1) is 23.2 Å². The summed E-state index contributed by atoms with van der Waals surface area (Å²) >= 11 is 13.1. The van der Waals surface area contributed by atoms with E-state index in [1.807, 2.05) is 0 Å². The van der Waals surface area contributed by atoms with Crippen molar-refractivity contribution in [1.82, 2.24) is 0 Å². The predicted molar refractivity (Wildman–Crippen MR) is 208 cm³/mol. The van der Waals surface area contributed by atoms with Crippen LogP contribution in [0.2, 0.25) is 0 Å². The molecule has 9 fully saturated rings. The lowest BCUT2D eigenvalue weighted by molar-refractivity contribution is -0.208. The van der Waals surface area contributed by atoms with E-state index in [9.17, 15) is 10.2 Å². The average molecular weight is 746 g/mol. The molecule has 9 rings (SSSR count). The maximum Gasteiger partial charge on any atom is 0.163 e. The maximum absolute atomic E-state index is 11.1. The molecule has 1 heterocycles. The third kappa shape index (κ3) is 5.53. The molecule has 288 valence electrons. The third-order valence-corrected chi connectivity index (χ3v) is 19.3. The van der Waals surface area contributed by atoms with Crippen molar-refractivity contribution >= 4 is 23.2 Å². The van der Waals surface area contributed by atoms with Crippen LogP contribution in [-0.4, -0.2) is 51.2 Å². The zero-order chi connectivity index (χ0) is 36.5. The van der Waals surface area contributed by atoms with E-state index < -0.39 is 18.0 Å². The number of rotatable bonds is 0. The lowest BCUT2D eigenvalue weighted by atomic mass is 9.44. The van der Waals surface area contributed by atoms with Crippen LogP contribution in [0.25, 0.3) is 0 Å². The first-order valence-corrected chi connectivity index (χ1v) is 22.2. The van der Waals surface area contributed by atoms with Crippen LogP contribution < -0.4 is 0 Å². The molecule has 0 bridgehead atoms. The highest BCUT2D eigenvalue weighted by molar-refractivity contribution is 6.20. The van der Waals surface area contributed by atoms with Gasteiger partial charge in [-0.2, -0.15) is 0 Å². The molecule has 2 N–H and O–H groups in total. The summed E-state index contributed by atoms with van der Waals surface area (Å²) in [4.78, 5) is 0. The Kier molecular flexibility index (Phi) is 9.62. The van der Waals surface area contributed by atoms with Gasteiger partial charge in [0.05, 0.1) is 24.4 Å². The molecule has 9 aliphatic rings. The van der Waals surface area contributed by atoms with Gasteiger partial charge in [-0.05, 0) is 187 Å². The SMILES string of the molecule is C/C=C1/CCC2C3C(CC[C@]12C)[C@@]1(C)CC[C@@H](Cl)CC1[C@@H](O)[C@@H]3O.C/C=C1/CCC2C3C(CC[C@]12C)[C@@]1(C)CC[C@@H](Cl)CC1[C@H]1OC(C)(C)O[C@H]31. The van der Waals surface area contributed by atoms with Crippen molar-refractivity contribution in [2.45, 2.75) is 186 Å². The number of aliphatic hydroxyl groups is 2. The van der Waals surface area contributed by atoms with E-state index in [1.54, 1.807) is 11.1 Å². The van der Waals surface area contributed by atoms with Crippen LogP contribution in [0.15, 0.2) is 23.3 Å². The number of fused-ring (bicyclic) bond motifs is 13. The summed E-state index contributed by atoms with van der Waals surface area (Å²) < 4.78 is 13.3.